The Bertz CT molecular complexity index is 847. The fraction of sp³-hybridized carbons (Fsp3) is 0.211. The highest BCUT2D eigenvalue weighted by molar-refractivity contribution is 5.91. The van der Waals surface area contributed by atoms with E-state index in [2.05, 4.69) is 5.32 Å². The van der Waals surface area contributed by atoms with Crippen molar-refractivity contribution in [2.45, 2.75) is 12.3 Å². The van der Waals surface area contributed by atoms with E-state index >= 15 is 0 Å². The molecule has 1 heterocycles. The van der Waals surface area contributed by atoms with E-state index in [9.17, 15) is 23.1 Å². The molecule has 1 amide bonds. The molecular weight excluding hydrogens is 363 g/mol. The minimum absolute atomic E-state index is 0.129. The van der Waals surface area contributed by atoms with Gasteiger partial charge in [0.1, 0.15) is 0 Å². The lowest BCUT2D eigenvalue weighted by Gasteiger charge is -2.13. The average Bonchev–Trinajstić information content (AvgIpc) is 3.11. The van der Waals surface area contributed by atoms with Crippen molar-refractivity contribution >= 4 is 12.0 Å². The molecule has 0 aromatic heterocycles. The van der Waals surface area contributed by atoms with Gasteiger partial charge < -0.3 is 19.9 Å². The van der Waals surface area contributed by atoms with Gasteiger partial charge in [0.05, 0.1) is 11.7 Å². The summed E-state index contributed by atoms with van der Waals surface area (Å²) in [7, 11) is 0. The zero-order valence-electron chi connectivity index (χ0n) is 14.0. The topological polar surface area (TPSA) is 67.8 Å². The van der Waals surface area contributed by atoms with E-state index < -0.39 is 23.8 Å². The number of carbonyl (C=O) groups is 1. The maximum atomic E-state index is 12.5. The highest BCUT2D eigenvalue weighted by Crippen LogP contribution is 2.33. The van der Waals surface area contributed by atoms with Crippen LogP contribution in [-0.2, 0) is 11.0 Å². The lowest BCUT2D eigenvalue weighted by Crippen LogP contribution is -2.26. The minimum atomic E-state index is -4.43. The van der Waals surface area contributed by atoms with Gasteiger partial charge in [0.25, 0.3) is 0 Å². The molecule has 0 radical (unpaired) electrons. The SMILES string of the molecule is O=C(/C=C/c1ccc2c(c1)OCO2)NCC(O)c1ccc(C(F)(F)F)cc1. The number of rotatable bonds is 5. The van der Waals surface area contributed by atoms with Gasteiger partial charge in [-0.3, -0.25) is 4.79 Å². The Balaban J connectivity index is 1.52. The molecule has 0 saturated carbocycles. The van der Waals surface area contributed by atoms with Crippen molar-refractivity contribution in [3.63, 3.8) is 0 Å². The summed E-state index contributed by atoms with van der Waals surface area (Å²) in [5, 5.41) is 12.5. The second kappa shape index (κ2) is 7.71. The number of amides is 1. The van der Waals surface area contributed by atoms with Gasteiger partial charge in [-0.05, 0) is 41.5 Å². The zero-order valence-corrected chi connectivity index (χ0v) is 14.0. The molecule has 0 spiro atoms. The molecule has 2 aromatic carbocycles. The average molecular weight is 379 g/mol. The van der Waals surface area contributed by atoms with Crippen molar-refractivity contribution in [3.05, 3.63) is 65.2 Å². The molecular formula is C19H16F3NO4. The Hall–Kier alpha value is -3.00. The molecule has 5 nitrogen and oxygen atoms in total. The number of carbonyl (C=O) groups excluding carboxylic acids is 1. The molecule has 1 aliphatic rings. The number of benzene rings is 2. The largest absolute Gasteiger partial charge is 0.454 e. The Morgan fingerprint density at radius 2 is 1.85 bits per heavy atom. The van der Waals surface area contributed by atoms with Gasteiger partial charge in [0, 0.05) is 12.6 Å². The Labute approximate surface area is 153 Å². The molecule has 0 fully saturated rings. The third kappa shape index (κ3) is 4.79. The van der Waals surface area contributed by atoms with Gasteiger partial charge in [-0.1, -0.05) is 18.2 Å². The summed E-state index contributed by atoms with van der Waals surface area (Å²) in [5.74, 6) is 0.783. The molecule has 27 heavy (non-hydrogen) atoms. The summed E-state index contributed by atoms with van der Waals surface area (Å²) in [5.41, 5.74) is 0.217. The molecule has 0 aliphatic carbocycles. The quantitative estimate of drug-likeness (QED) is 0.783. The molecule has 1 aliphatic heterocycles. The summed E-state index contributed by atoms with van der Waals surface area (Å²) in [6.45, 7) is 0.0283. The van der Waals surface area contributed by atoms with Crippen LogP contribution in [0.4, 0.5) is 13.2 Å². The fourth-order valence-corrected chi connectivity index (χ4v) is 2.46. The monoisotopic (exact) mass is 379 g/mol. The fourth-order valence-electron chi connectivity index (χ4n) is 2.46. The predicted octanol–water partition coefficient (Wildman–Crippen LogP) is 3.30. The first-order valence-corrected chi connectivity index (χ1v) is 8.04. The van der Waals surface area contributed by atoms with E-state index in [0.29, 0.717) is 11.5 Å². The van der Waals surface area contributed by atoms with Crippen molar-refractivity contribution < 1.29 is 32.5 Å². The van der Waals surface area contributed by atoms with Crippen molar-refractivity contribution in [2.24, 2.45) is 0 Å². The van der Waals surface area contributed by atoms with Crippen LogP contribution in [0.25, 0.3) is 6.08 Å². The summed E-state index contributed by atoms with van der Waals surface area (Å²) in [4.78, 5) is 11.9. The van der Waals surface area contributed by atoms with Crippen LogP contribution >= 0.6 is 0 Å². The number of nitrogens with one attached hydrogen (secondary N) is 1. The molecule has 2 N–H and O–H groups in total. The Morgan fingerprint density at radius 1 is 1.15 bits per heavy atom. The Kier molecular flexibility index (Phi) is 5.36. The number of hydrogen-bond donors (Lipinski definition) is 2. The van der Waals surface area contributed by atoms with Crippen LogP contribution in [0, 0.1) is 0 Å². The second-order valence-corrected chi connectivity index (χ2v) is 5.83. The van der Waals surface area contributed by atoms with Crippen molar-refractivity contribution in [2.75, 3.05) is 13.3 Å². The first-order valence-electron chi connectivity index (χ1n) is 8.04. The van der Waals surface area contributed by atoms with Crippen LogP contribution in [0.15, 0.2) is 48.5 Å². The van der Waals surface area contributed by atoms with E-state index in [0.717, 1.165) is 17.7 Å². The van der Waals surface area contributed by atoms with Gasteiger partial charge >= 0.3 is 6.18 Å². The molecule has 3 rings (SSSR count). The van der Waals surface area contributed by atoms with Crippen LogP contribution in [0.5, 0.6) is 11.5 Å². The van der Waals surface area contributed by atoms with Crippen LogP contribution in [0.1, 0.15) is 22.8 Å². The summed E-state index contributed by atoms with van der Waals surface area (Å²) < 4.78 is 48.0. The summed E-state index contributed by atoms with van der Waals surface area (Å²) in [6, 6.07) is 9.36. The van der Waals surface area contributed by atoms with Crippen LogP contribution < -0.4 is 14.8 Å². The van der Waals surface area contributed by atoms with Crippen LogP contribution in [-0.4, -0.2) is 24.4 Å². The highest BCUT2D eigenvalue weighted by atomic mass is 19.4. The van der Waals surface area contributed by atoms with E-state index in [1.54, 1.807) is 24.3 Å². The molecule has 0 saturated heterocycles. The van der Waals surface area contributed by atoms with Crippen molar-refractivity contribution in [1.29, 1.82) is 0 Å². The zero-order chi connectivity index (χ0) is 19.4. The number of aliphatic hydroxyl groups excluding tert-OH is 1. The molecule has 8 heteroatoms. The third-order valence-electron chi connectivity index (χ3n) is 3.92. The number of fused-ring (bicyclic) bond motifs is 1. The molecule has 1 atom stereocenters. The van der Waals surface area contributed by atoms with Gasteiger partial charge in [0.2, 0.25) is 12.7 Å². The van der Waals surface area contributed by atoms with E-state index in [1.807, 2.05) is 0 Å². The van der Waals surface area contributed by atoms with E-state index in [1.165, 1.54) is 18.2 Å². The summed E-state index contributed by atoms with van der Waals surface area (Å²) >= 11 is 0. The number of alkyl halides is 3. The summed E-state index contributed by atoms with van der Waals surface area (Å²) in [6.07, 6.45) is -2.69. The number of hydrogen-bond acceptors (Lipinski definition) is 4. The molecule has 0 bridgehead atoms. The van der Waals surface area contributed by atoms with Gasteiger partial charge in [-0.2, -0.15) is 13.2 Å². The molecule has 2 aromatic rings. The normalized spacial score (nSPS) is 14.4. The molecule has 1 unspecified atom stereocenters. The van der Waals surface area contributed by atoms with Crippen molar-refractivity contribution in [1.82, 2.24) is 5.32 Å². The number of aliphatic hydroxyl groups is 1. The van der Waals surface area contributed by atoms with Gasteiger partial charge in [-0.25, -0.2) is 0 Å². The van der Waals surface area contributed by atoms with E-state index in [4.69, 9.17) is 9.47 Å². The minimum Gasteiger partial charge on any atom is -0.454 e. The second-order valence-electron chi connectivity index (χ2n) is 5.83. The first-order chi connectivity index (χ1) is 12.8. The van der Waals surface area contributed by atoms with Crippen LogP contribution in [0.3, 0.4) is 0 Å². The lowest BCUT2D eigenvalue weighted by molar-refractivity contribution is -0.137. The smallest absolute Gasteiger partial charge is 0.416 e. The highest BCUT2D eigenvalue weighted by Gasteiger charge is 2.30. The first kappa shape index (κ1) is 18.8. The predicted molar refractivity (Wildman–Crippen MR) is 91.0 cm³/mol. The number of halogens is 3. The van der Waals surface area contributed by atoms with Crippen LogP contribution in [0.2, 0.25) is 0 Å². The van der Waals surface area contributed by atoms with Gasteiger partial charge in [0.15, 0.2) is 11.5 Å². The Morgan fingerprint density at radius 3 is 2.56 bits per heavy atom. The third-order valence-corrected chi connectivity index (χ3v) is 3.92. The van der Waals surface area contributed by atoms with Gasteiger partial charge in [-0.15, -0.1) is 0 Å². The standard InChI is InChI=1S/C19H16F3NO4/c20-19(21,22)14-5-3-13(4-6-14)15(24)10-23-18(25)8-2-12-1-7-16-17(9-12)27-11-26-16/h1-9,15,24H,10-11H2,(H,23,25)/b8-2+. The number of ether oxygens (including phenoxy) is 2. The maximum Gasteiger partial charge on any atom is 0.416 e. The van der Waals surface area contributed by atoms with Crippen molar-refractivity contribution in [3.8, 4) is 11.5 Å². The maximum absolute atomic E-state index is 12.5. The van der Waals surface area contributed by atoms with E-state index in [-0.39, 0.29) is 18.9 Å². The molecule has 142 valence electrons. The lowest BCUT2D eigenvalue weighted by atomic mass is 10.1.